The Morgan fingerprint density at radius 3 is 2.69 bits per heavy atom. The summed E-state index contributed by atoms with van der Waals surface area (Å²) < 4.78 is 5.31. The van der Waals surface area contributed by atoms with Gasteiger partial charge in [-0.1, -0.05) is 19.1 Å². The number of amides is 1. The molecule has 0 aromatic rings. The van der Waals surface area contributed by atoms with E-state index in [1.54, 1.807) is 0 Å². The molecule has 0 aromatic carbocycles. The molecule has 0 radical (unpaired) electrons. The maximum atomic E-state index is 11.4. The zero-order valence-electron chi connectivity index (χ0n) is 10.6. The number of nitrogens with one attached hydrogen (secondary N) is 2. The lowest BCUT2D eigenvalue weighted by atomic mass is 10.3. The summed E-state index contributed by atoms with van der Waals surface area (Å²) in [6.07, 6.45) is 0.959. The first kappa shape index (κ1) is 15.1. The number of hydrogen-bond donors (Lipinski definition) is 2. The predicted octanol–water partition coefficient (Wildman–Crippen LogP) is 1.08. The van der Waals surface area contributed by atoms with Crippen LogP contribution >= 0.6 is 0 Å². The Hall–Kier alpha value is -0.870. The maximum absolute atomic E-state index is 11.4. The summed E-state index contributed by atoms with van der Waals surface area (Å²) in [5.41, 5.74) is 1.01. The Morgan fingerprint density at radius 1 is 1.44 bits per heavy atom. The molecule has 0 aliphatic carbocycles. The van der Waals surface area contributed by atoms with Gasteiger partial charge in [0.1, 0.15) is 0 Å². The molecule has 0 bridgehead atoms. The van der Waals surface area contributed by atoms with Gasteiger partial charge in [-0.15, -0.1) is 0 Å². The van der Waals surface area contributed by atoms with Gasteiger partial charge in [0.15, 0.2) is 0 Å². The van der Waals surface area contributed by atoms with Crippen LogP contribution in [0.25, 0.3) is 0 Å². The summed E-state index contributed by atoms with van der Waals surface area (Å²) in [4.78, 5) is 11.4. The molecule has 0 spiro atoms. The Labute approximate surface area is 98.4 Å². The lowest BCUT2D eigenvalue weighted by Crippen LogP contribution is -2.43. The Bertz CT molecular complexity index is 217. The Balaban J connectivity index is 3.45. The summed E-state index contributed by atoms with van der Waals surface area (Å²) >= 11 is 0. The summed E-state index contributed by atoms with van der Waals surface area (Å²) in [7, 11) is 0. The number of carbonyl (C=O) groups excluding carboxylic acids is 1. The fourth-order valence-electron chi connectivity index (χ4n) is 1.09. The van der Waals surface area contributed by atoms with E-state index in [4.69, 9.17) is 4.74 Å². The largest absolute Gasteiger partial charge is 0.376 e. The molecule has 0 rings (SSSR count). The zero-order chi connectivity index (χ0) is 12.4. The van der Waals surface area contributed by atoms with Crippen molar-refractivity contribution >= 4 is 5.91 Å². The van der Waals surface area contributed by atoms with Crippen LogP contribution in [0.5, 0.6) is 0 Å². The van der Waals surface area contributed by atoms with Crippen LogP contribution in [0.2, 0.25) is 0 Å². The maximum Gasteiger partial charge on any atom is 0.236 e. The molecule has 94 valence electrons. The second-order valence-electron chi connectivity index (χ2n) is 3.98. The first-order valence-corrected chi connectivity index (χ1v) is 5.81. The lowest BCUT2D eigenvalue weighted by Gasteiger charge is -2.13. The Morgan fingerprint density at radius 2 is 2.12 bits per heavy atom. The molecule has 0 saturated carbocycles. The molecule has 0 aromatic heterocycles. The van der Waals surface area contributed by atoms with Crippen LogP contribution in [0.4, 0.5) is 0 Å². The van der Waals surface area contributed by atoms with E-state index >= 15 is 0 Å². The SMILES string of the molecule is C=C(C)COCCNC(C)C(=O)NCCC. The van der Waals surface area contributed by atoms with Crippen LogP contribution in [-0.2, 0) is 9.53 Å². The van der Waals surface area contributed by atoms with Crippen molar-refractivity contribution in [2.75, 3.05) is 26.3 Å². The van der Waals surface area contributed by atoms with Crippen molar-refractivity contribution in [1.82, 2.24) is 10.6 Å². The van der Waals surface area contributed by atoms with Crippen molar-refractivity contribution < 1.29 is 9.53 Å². The van der Waals surface area contributed by atoms with Gasteiger partial charge in [-0.2, -0.15) is 0 Å². The van der Waals surface area contributed by atoms with E-state index < -0.39 is 0 Å². The molecule has 1 amide bonds. The summed E-state index contributed by atoms with van der Waals surface area (Å²) in [5, 5.41) is 5.93. The predicted molar refractivity (Wildman–Crippen MR) is 66.4 cm³/mol. The molecular weight excluding hydrogens is 204 g/mol. The van der Waals surface area contributed by atoms with Crippen molar-refractivity contribution in [2.45, 2.75) is 33.2 Å². The summed E-state index contributed by atoms with van der Waals surface area (Å²) in [5.74, 6) is 0.0433. The van der Waals surface area contributed by atoms with Crippen LogP contribution in [-0.4, -0.2) is 38.3 Å². The fraction of sp³-hybridized carbons (Fsp3) is 0.750. The van der Waals surface area contributed by atoms with Crippen LogP contribution in [0.3, 0.4) is 0 Å². The van der Waals surface area contributed by atoms with Crippen LogP contribution < -0.4 is 10.6 Å². The van der Waals surface area contributed by atoms with E-state index in [1.165, 1.54) is 0 Å². The third-order valence-corrected chi connectivity index (χ3v) is 1.99. The second-order valence-corrected chi connectivity index (χ2v) is 3.98. The summed E-state index contributed by atoms with van der Waals surface area (Å²) in [6.45, 7) is 12.1. The van der Waals surface area contributed by atoms with Crippen molar-refractivity contribution in [2.24, 2.45) is 0 Å². The van der Waals surface area contributed by atoms with Gasteiger partial charge >= 0.3 is 0 Å². The molecule has 4 heteroatoms. The van der Waals surface area contributed by atoms with E-state index in [0.29, 0.717) is 19.8 Å². The molecule has 0 heterocycles. The van der Waals surface area contributed by atoms with Gasteiger partial charge in [-0.3, -0.25) is 4.79 Å². The Kier molecular flexibility index (Phi) is 8.85. The quantitative estimate of drug-likeness (QED) is 0.459. The van der Waals surface area contributed by atoms with Crippen molar-refractivity contribution in [3.8, 4) is 0 Å². The molecule has 1 atom stereocenters. The summed E-state index contributed by atoms with van der Waals surface area (Å²) in [6, 6.07) is -0.167. The molecule has 0 aliphatic heterocycles. The van der Waals surface area contributed by atoms with E-state index in [0.717, 1.165) is 18.5 Å². The van der Waals surface area contributed by atoms with Gasteiger partial charge in [-0.25, -0.2) is 0 Å². The minimum absolute atomic E-state index is 0.0433. The molecule has 0 fully saturated rings. The fourth-order valence-corrected chi connectivity index (χ4v) is 1.09. The molecule has 2 N–H and O–H groups in total. The molecule has 16 heavy (non-hydrogen) atoms. The highest BCUT2D eigenvalue weighted by Gasteiger charge is 2.09. The average molecular weight is 228 g/mol. The zero-order valence-corrected chi connectivity index (χ0v) is 10.6. The molecule has 1 unspecified atom stereocenters. The van der Waals surface area contributed by atoms with E-state index in [2.05, 4.69) is 17.2 Å². The highest BCUT2D eigenvalue weighted by atomic mass is 16.5. The number of carbonyl (C=O) groups is 1. The normalized spacial score (nSPS) is 12.2. The highest BCUT2D eigenvalue weighted by Crippen LogP contribution is 1.87. The highest BCUT2D eigenvalue weighted by molar-refractivity contribution is 5.81. The smallest absolute Gasteiger partial charge is 0.236 e. The van der Waals surface area contributed by atoms with Gasteiger partial charge in [0.2, 0.25) is 5.91 Å². The number of rotatable bonds is 9. The van der Waals surface area contributed by atoms with Crippen LogP contribution in [0.1, 0.15) is 27.2 Å². The third kappa shape index (κ3) is 8.44. The van der Waals surface area contributed by atoms with E-state index in [-0.39, 0.29) is 11.9 Å². The van der Waals surface area contributed by atoms with Crippen LogP contribution in [0.15, 0.2) is 12.2 Å². The van der Waals surface area contributed by atoms with Gasteiger partial charge in [0, 0.05) is 13.1 Å². The van der Waals surface area contributed by atoms with Gasteiger partial charge in [0.05, 0.1) is 19.3 Å². The number of hydrogen-bond acceptors (Lipinski definition) is 3. The van der Waals surface area contributed by atoms with Gasteiger partial charge in [0.25, 0.3) is 0 Å². The van der Waals surface area contributed by atoms with Gasteiger partial charge < -0.3 is 15.4 Å². The van der Waals surface area contributed by atoms with Crippen LogP contribution in [0, 0.1) is 0 Å². The van der Waals surface area contributed by atoms with Gasteiger partial charge in [-0.05, 0) is 20.3 Å². The monoisotopic (exact) mass is 228 g/mol. The second kappa shape index (κ2) is 9.36. The van der Waals surface area contributed by atoms with Crippen molar-refractivity contribution in [3.05, 3.63) is 12.2 Å². The molecule has 4 nitrogen and oxygen atoms in total. The topological polar surface area (TPSA) is 50.4 Å². The van der Waals surface area contributed by atoms with Crippen molar-refractivity contribution in [1.29, 1.82) is 0 Å². The standard InChI is InChI=1S/C12H24N2O2/c1-5-6-14-12(15)11(4)13-7-8-16-9-10(2)3/h11,13H,2,5-9H2,1,3-4H3,(H,14,15). The van der Waals surface area contributed by atoms with E-state index in [9.17, 15) is 4.79 Å². The van der Waals surface area contributed by atoms with Crippen molar-refractivity contribution in [3.63, 3.8) is 0 Å². The first-order chi connectivity index (χ1) is 7.57. The molecule has 0 aliphatic rings. The minimum atomic E-state index is -0.167. The first-order valence-electron chi connectivity index (χ1n) is 5.81. The molecular formula is C12H24N2O2. The minimum Gasteiger partial charge on any atom is -0.376 e. The molecule has 0 saturated heterocycles. The average Bonchev–Trinajstić information content (AvgIpc) is 2.24. The number of ether oxygens (including phenoxy) is 1. The van der Waals surface area contributed by atoms with E-state index in [1.807, 2.05) is 20.8 Å². The lowest BCUT2D eigenvalue weighted by molar-refractivity contribution is -0.122. The third-order valence-electron chi connectivity index (χ3n) is 1.99.